The van der Waals surface area contributed by atoms with Gasteiger partial charge in [0, 0.05) is 0 Å². The number of thiophene rings is 1. The molecule has 5 heteroatoms. The summed E-state index contributed by atoms with van der Waals surface area (Å²) in [5, 5.41) is 13.1. The Morgan fingerprint density at radius 3 is 2.53 bits per heavy atom. The monoisotopic (exact) mass is 227 g/mol. The number of amides is 1. The van der Waals surface area contributed by atoms with Gasteiger partial charge in [0.15, 0.2) is 0 Å². The lowest BCUT2D eigenvalue weighted by molar-refractivity contribution is -0.140. The summed E-state index contributed by atoms with van der Waals surface area (Å²) in [6, 6.07) is 2.59. The molecule has 1 aromatic rings. The zero-order valence-corrected chi connectivity index (χ0v) is 9.38. The minimum absolute atomic E-state index is 0.133. The number of nitrogens with one attached hydrogen (secondary N) is 1. The van der Waals surface area contributed by atoms with Crippen LogP contribution in [0.4, 0.5) is 0 Å². The Morgan fingerprint density at radius 1 is 1.47 bits per heavy atom. The number of hydrogen-bond donors (Lipinski definition) is 2. The molecule has 1 atom stereocenters. The van der Waals surface area contributed by atoms with Crippen molar-refractivity contribution in [3.8, 4) is 0 Å². The third-order valence-electron chi connectivity index (χ3n) is 1.96. The molecule has 0 bridgehead atoms. The Kier molecular flexibility index (Phi) is 3.85. The first kappa shape index (κ1) is 11.7. The number of carbonyl (C=O) groups excluding carboxylic acids is 1. The van der Waals surface area contributed by atoms with Gasteiger partial charge >= 0.3 is 5.97 Å². The molecule has 2 N–H and O–H groups in total. The number of carboxylic acids is 1. The second kappa shape index (κ2) is 4.93. The summed E-state index contributed by atoms with van der Waals surface area (Å²) in [4.78, 5) is 22.9. The fourth-order valence-electron chi connectivity index (χ4n) is 1.13. The molecule has 0 aliphatic carbocycles. The quantitative estimate of drug-likeness (QED) is 0.820. The van der Waals surface area contributed by atoms with Gasteiger partial charge in [-0.25, -0.2) is 4.79 Å². The first-order chi connectivity index (χ1) is 7.02. The van der Waals surface area contributed by atoms with Crippen molar-refractivity contribution < 1.29 is 14.7 Å². The minimum Gasteiger partial charge on any atom is -0.480 e. The Morgan fingerprint density at radius 2 is 2.13 bits per heavy atom. The Hall–Kier alpha value is -1.36. The molecule has 0 aromatic carbocycles. The number of carbonyl (C=O) groups is 2. The van der Waals surface area contributed by atoms with E-state index in [9.17, 15) is 9.59 Å². The molecule has 0 aliphatic heterocycles. The maximum atomic E-state index is 11.6. The van der Waals surface area contributed by atoms with E-state index < -0.39 is 12.0 Å². The second-order valence-corrected chi connectivity index (χ2v) is 4.46. The van der Waals surface area contributed by atoms with Crippen LogP contribution in [0, 0.1) is 5.92 Å². The van der Waals surface area contributed by atoms with Crippen LogP contribution in [-0.4, -0.2) is 23.0 Å². The molecule has 1 rings (SSSR count). The van der Waals surface area contributed by atoms with Gasteiger partial charge in [0.05, 0.1) is 4.88 Å². The average molecular weight is 227 g/mol. The van der Waals surface area contributed by atoms with Crippen molar-refractivity contribution in [3.63, 3.8) is 0 Å². The van der Waals surface area contributed by atoms with Gasteiger partial charge in [-0.2, -0.15) is 0 Å². The molecule has 1 aromatic heterocycles. The van der Waals surface area contributed by atoms with Gasteiger partial charge in [-0.15, -0.1) is 11.3 Å². The van der Waals surface area contributed by atoms with Crippen molar-refractivity contribution in [2.24, 2.45) is 5.92 Å². The van der Waals surface area contributed by atoms with E-state index >= 15 is 0 Å². The van der Waals surface area contributed by atoms with Crippen LogP contribution in [0.5, 0.6) is 0 Å². The van der Waals surface area contributed by atoms with E-state index in [1.165, 1.54) is 11.3 Å². The molecule has 0 unspecified atom stereocenters. The Bertz CT molecular complexity index is 346. The average Bonchev–Trinajstić information content (AvgIpc) is 2.65. The number of hydrogen-bond acceptors (Lipinski definition) is 3. The third-order valence-corrected chi connectivity index (χ3v) is 2.83. The summed E-state index contributed by atoms with van der Waals surface area (Å²) in [7, 11) is 0. The van der Waals surface area contributed by atoms with Gasteiger partial charge in [0.2, 0.25) is 0 Å². The maximum Gasteiger partial charge on any atom is 0.326 e. The van der Waals surface area contributed by atoms with Crippen molar-refractivity contribution in [2.45, 2.75) is 19.9 Å². The van der Waals surface area contributed by atoms with Crippen molar-refractivity contribution in [2.75, 3.05) is 0 Å². The summed E-state index contributed by atoms with van der Waals surface area (Å²) < 4.78 is 0. The molecule has 0 fully saturated rings. The van der Waals surface area contributed by atoms with Gasteiger partial charge < -0.3 is 10.4 Å². The summed E-state index contributed by atoms with van der Waals surface area (Å²) in [5.41, 5.74) is 0. The van der Waals surface area contributed by atoms with Gasteiger partial charge in [0.1, 0.15) is 6.04 Å². The normalized spacial score (nSPS) is 12.5. The van der Waals surface area contributed by atoms with Crippen molar-refractivity contribution in [3.05, 3.63) is 22.4 Å². The highest BCUT2D eigenvalue weighted by molar-refractivity contribution is 7.12. The number of aliphatic carboxylic acids is 1. The fourth-order valence-corrected chi connectivity index (χ4v) is 1.76. The highest BCUT2D eigenvalue weighted by Crippen LogP contribution is 2.10. The molecule has 0 aliphatic rings. The zero-order chi connectivity index (χ0) is 11.4. The molecule has 0 spiro atoms. The predicted molar refractivity (Wildman–Crippen MR) is 58.0 cm³/mol. The fraction of sp³-hybridized carbons (Fsp3) is 0.400. The van der Waals surface area contributed by atoms with Crippen LogP contribution < -0.4 is 5.32 Å². The van der Waals surface area contributed by atoms with Gasteiger partial charge in [-0.05, 0) is 17.4 Å². The molecule has 0 radical (unpaired) electrons. The first-order valence-corrected chi connectivity index (χ1v) is 5.47. The molecule has 0 saturated heterocycles. The van der Waals surface area contributed by atoms with Gasteiger partial charge in [-0.3, -0.25) is 4.79 Å². The lowest BCUT2D eigenvalue weighted by Gasteiger charge is -2.17. The third kappa shape index (κ3) is 3.06. The SMILES string of the molecule is CC(C)[C@H](NC(=O)c1cccs1)C(=O)O. The predicted octanol–water partition coefficient (Wildman–Crippen LogP) is 1.59. The van der Waals surface area contributed by atoms with E-state index in [2.05, 4.69) is 5.32 Å². The molecular weight excluding hydrogens is 214 g/mol. The van der Waals surface area contributed by atoms with Crippen LogP contribution in [0.15, 0.2) is 17.5 Å². The number of carboxylic acid groups (broad SMARTS) is 1. The summed E-state index contributed by atoms with van der Waals surface area (Å²) in [6.45, 7) is 3.51. The second-order valence-electron chi connectivity index (χ2n) is 3.51. The molecule has 82 valence electrons. The lowest BCUT2D eigenvalue weighted by atomic mass is 10.0. The first-order valence-electron chi connectivity index (χ1n) is 4.59. The van der Waals surface area contributed by atoms with E-state index in [4.69, 9.17) is 5.11 Å². The molecule has 4 nitrogen and oxygen atoms in total. The minimum atomic E-state index is -1.00. The van der Waals surface area contributed by atoms with E-state index in [1.807, 2.05) is 0 Å². The van der Waals surface area contributed by atoms with E-state index in [0.29, 0.717) is 4.88 Å². The van der Waals surface area contributed by atoms with E-state index in [-0.39, 0.29) is 11.8 Å². The molecule has 1 amide bonds. The standard InChI is InChI=1S/C10H13NO3S/c1-6(2)8(10(13)14)11-9(12)7-4-3-5-15-7/h3-6,8H,1-2H3,(H,11,12)(H,13,14)/t8-/m0/s1. The lowest BCUT2D eigenvalue weighted by Crippen LogP contribution is -2.44. The van der Waals surface area contributed by atoms with Gasteiger partial charge in [0.25, 0.3) is 5.91 Å². The highest BCUT2D eigenvalue weighted by atomic mass is 32.1. The number of rotatable bonds is 4. The Labute approximate surface area is 91.9 Å². The highest BCUT2D eigenvalue weighted by Gasteiger charge is 2.23. The summed E-state index contributed by atoms with van der Waals surface area (Å²) >= 11 is 1.29. The molecule has 1 heterocycles. The van der Waals surface area contributed by atoms with Crippen LogP contribution in [-0.2, 0) is 4.79 Å². The van der Waals surface area contributed by atoms with Crippen molar-refractivity contribution in [1.29, 1.82) is 0 Å². The van der Waals surface area contributed by atoms with Crippen LogP contribution in [0.25, 0.3) is 0 Å². The van der Waals surface area contributed by atoms with Crippen molar-refractivity contribution in [1.82, 2.24) is 5.32 Å². The largest absolute Gasteiger partial charge is 0.480 e. The van der Waals surface area contributed by atoms with Gasteiger partial charge in [-0.1, -0.05) is 19.9 Å². The van der Waals surface area contributed by atoms with Crippen LogP contribution >= 0.6 is 11.3 Å². The topological polar surface area (TPSA) is 66.4 Å². The maximum absolute atomic E-state index is 11.6. The molecule has 15 heavy (non-hydrogen) atoms. The summed E-state index contributed by atoms with van der Waals surface area (Å²) in [5.74, 6) is -1.47. The van der Waals surface area contributed by atoms with E-state index in [1.54, 1.807) is 31.4 Å². The molecular formula is C10H13NO3S. The van der Waals surface area contributed by atoms with E-state index in [0.717, 1.165) is 0 Å². The summed E-state index contributed by atoms with van der Waals surface area (Å²) in [6.07, 6.45) is 0. The van der Waals surface area contributed by atoms with Crippen LogP contribution in [0.3, 0.4) is 0 Å². The smallest absolute Gasteiger partial charge is 0.326 e. The Balaban J connectivity index is 2.67. The van der Waals surface area contributed by atoms with Crippen molar-refractivity contribution >= 4 is 23.2 Å². The van der Waals surface area contributed by atoms with Crippen LogP contribution in [0.2, 0.25) is 0 Å². The zero-order valence-electron chi connectivity index (χ0n) is 8.56. The molecule has 0 saturated carbocycles. The van der Waals surface area contributed by atoms with Crippen LogP contribution in [0.1, 0.15) is 23.5 Å².